The number of carbonyl (C=O) groups is 4. The third-order valence-corrected chi connectivity index (χ3v) is 6.72. The van der Waals surface area contributed by atoms with Crippen molar-refractivity contribution in [2.75, 3.05) is 18.5 Å². The Morgan fingerprint density at radius 1 is 1.12 bits per heavy atom. The van der Waals surface area contributed by atoms with Crippen molar-refractivity contribution in [3.8, 4) is 0 Å². The van der Waals surface area contributed by atoms with Crippen molar-refractivity contribution in [3.63, 3.8) is 0 Å². The van der Waals surface area contributed by atoms with Gasteiger partial charge < -0.3 is 15.4 Å². The fourth-order valence-electron chi connectivity index (χ4n) is 3.90. The molecule has 1 aliphatic heterocycles. The zero-order valence-corrected chi connectivity index (χ0v) is 19.0. The minimum absolute atomic E-state index is 0.0178. The molecule has 1 aromatic heterocycles. The van der Waals surface area contributed by atoms with Gasteiger partial charge in [0.2, 0.25) is 5.91 Å². The number of aryl methyl sites for hydroxylation is 1. The molecule has 1 aliphatic carbocycles. The van der Waals surface area contributed by atoms with E-state index in [1.54, 1.807) is 31.2 Å². The van der Waals surface area contributed by atoms with Crippen LogP contribution in [0.3, 0.4) is 0 Å². The summed E-state index contributed by atoms with van der Waals surface area (Å²) in [6.45, 7) is 1.54. The zero-order chi connectivity index (χ0) is 22.8. The monoisotopic (exact) mass is 471 g/mol. The van der Waals surface area contributed by atoms with Gasteiger partial charge >= 0.3 is 5.97 Å². The lowest BCUT2D eigenvalue weighted by Crippen LogP contribution is -2.43. The highest BCUT2D eigenvalue weighted by Gasteiger charge is 2.36. The van der Waals surface area contributed by atoms with Crippen molar-refractivity contribution >= 4 is 57.4 Å². The van der Waals surface area contributed by atoms with Crippen molar-refractivity contribution in [2.45, 2.75) is 32.6 Å². The van der Waals surface area contributed by atoms with E-state index in [1.165, 1.54) is 11.3 Å². The summed E-state index contributed by atoms with van der Waals surface area (Å²) >= 11 is 6.68. The van der Waals surface area contributed by atoms with E-state index in [2.05, 4.69) is 10.6 Å². The fourth-order valence-corrected chi connectivity index (χ4v) is 5.46. The Morgan fingerprint density at radius 2 is 1.78 bits per heavy atom. The molecule has 2 heterocycles. The Hall–Kier alpha value is -3.11. The van der Waals surface area contributed by atoms with Crippen molar-refractivity contribution < 1.29 is 23.9 Å². The fraction of sp³-hybridized carbons (Fsp3) is 0.318. The van der Waals surface area contributed by atoms with Gasteiger partial charge in [-0.25, -0.2) is 4.79 Å². The number of imide groups is 1. The van der Waals surface area contributed by atoms with E-state index >= 15 is 0 Å². The summed E-state index contributed by atoms with van der Waals surface area (Å²) in [4.78, 5) is 51.9. The summed E-state index contributed by atoms with van der Waals surface area (Å²) in [6, 6.07) is 6.42. The highest BCUT2D eigenvalue weighted by atomic mass is 32.1. The number of amides is 3. The Kier molecular flexibility index (Phi) is 6.33. The lowest BCUT2D eigenvalue weighted by Gasteiger charge is -2.15. The van der Waals surface area contributed by atoms with E-state index in [0.29, 0.717) is 10.6 Å². The van der Waals surface area contributed by atoms with Crippen LogP contribution >= 0.6 is 23.6 Å². The molecule has 3 amide bonds. The van der Waals surface area contributed by atoms with Gasteiger partial charge in [-0.3, -0.25) is 19.3 Å². The van der Waals surface area contributed by atoms with E-state index < -0.39 is 30.2 Å². The lowest BCUT2D eigenvalue weighted by atomic mass is 9.95. The number of esters is 1. The molecule has 0 unspecified atom stereocenters. The third kappa shape index (κ3) is 4.15. The van der Waals surface area contributed by atoms with E-state index in [0.717, 1.165) is 41.0 Å². The number of thiophene rings is 1. The van der Waals surface area contributed by atoms with Gasteiger partial charge in [-0.05, 0) is 62.5 Å². The molecule has 1 aromatic carbocycles. The number of nitrogens with zero attached hydrogens (tertiary/aromatic N) is 1. The molecular weight excluding hydrogens is 450 g/mol. The molecule has 10 heteroatoms. The molecule has 2 aliphatic rings. The Balaban J connectivity index is 1.44. The van der Waals surface area contributed by atoms with Gasteiger partial charge in [0, 0.05) is 4.88 Å². The summed E-state index contributed by atoms with van der Waals surface area (Å²) in [7, 11) is 0. The van der Waals surface area contributed by atoms with Crippen LogP contribution in [-0.2, 0) is 22.4 Å². The van der Waals surface area contributed by atoms with E-state index in [9.17, 15) is 19.2 Å². The first kappa shape index (κ1) is 22.1. The number of thiocarbonyl (C=S) groups is 1. The molecule has 0 atom stereocenters. The van der Waals surface area contributed by atoms with E-state index in [4.69, 9.17) is 17.0 Å². The topological polar surface area (TPSA) is 105 Å². The predicted molar refractivity (Wildman–Crippen MR) is 123 cm³/mol. The normalized spacial score (nSPS) is 14.6. The second kappa shape index (κ2) is 9.17. The number of nitrogens with one attached hydrogen (secondary N) is 2. The van der Waals surface area contributed by atoms with Crippen LogP contribution in [0, 0.1) is 0 Å². The predicted octanol–water partition coefficient (Wildman–Crippen LogP) is 2.91. The largest absolute Gasteiger partial charge is 0.462 e. The first-order valence-electron chi connectivity index (χ1n) is 10.3. The quantitative estimate of drug-likeness (QED) is 0.392. The molecule has 166 valence electrons. The number of rotatable bonds is 5. The van der Waals surface area contributed by atoms with Gasteiger partial charge in [-0.2, -0.15) is 0 Å². The highest BCUT2D eigenvalue weighted by molar-refractivity contribution is 7.80. The molecule has 32 heavy (non-hydrogen) atoms. The molecular formula is C22H21N3O5S2. The Bertz CT molecular complexity index is 1110. The molecule has 2 aromatic rings. The second-order valence-electron chi connectivity index (χ2n) is 7.38. The van der Waals surface area contributed by atoms with Crippen LogP contribution in [0.4, 0.5) is 5.00 Å². The molecule has 0 saturated heterocycles. The molecule has 0 radical (unpaired) electrons. The maximum Gasteiger partial charge on any atom is 0.341 e. The van der Waals surface area contributed by atoms with Gasteiger partial charge in [0.05, 0.1) is 23.3 Å². The van der Waals surface area contributed by atoms with Gasteiger partial charge in [-0.1, -0.05) is 12.1 Å². The van der Waals surface area contributed by atoms with Crippen molar-refractivity contribution in [2.24, 2.45) is 0 Å². The number of hydrogen-bond acceptors (Lipinski definition) is 7. The number of benzene rings is 1. The van der Waals surface area contributed by atoms with Gasteiger partial charge in [0.25, 0.3) is 11.8 Å². The molecule has 4 rings (SSSR count). The number of hydrogen-bond donors (Lipinski definition) is 2. The van der Waals surface area contributed by atoms with Gasteiger partial charge in [0.15, 0.2) is 5.11 Å². The molecule has 0 spiro atoms. The van der Waals surface area contributed by atoms with Crippen LogP contribution in [0.15, 0.2) is 24.3 Å². The van der Waals surface area contributed by atoms with E-state index in [-0.39, 0.29) is 22.8 Å². The minimum atomic E-state index is -0.615. The van der Waals surface area contributed by atoms with Crippen LogP contribution in [0.25, 0.3) is 0 Å². The zero-order valence-electron chi connectivity index (χ0n) is 17.4. The number of fused-ring (bicyclic) bond motifs is 2. The summed E-state index contributed by atoms with van der Waals surface area (Å²) in [6.07, 6.45) is 3.72. The molecule has 0 saturated carbocycles. The maximum absolute atomic E-state index is 12.5. The number of carbonyl (C=O) groups excluding carboxylic acids is 4. The average Bonchev–Trinajstić information content (AvgIpc) is 3.24. The maximum atomic E-state index is 12.5. The first-order chi connectivity index (χ1) is 15.4. The van der Waals surface area contributed by atoms with Gasteiger partial charge in [0.1, 0.15) is 11.5 Å². The highest BCUT2D eigenvalue weighted by Crippen LogP contribution is 2.38. The SMILES string of the molecule is CCOC(=O)c1c(NC(=S)NC(=O)CN2C(=O)c3ccccc3C2=O)sc2c1CCCC2. The van der Waals surface area contributed by atoms with Crippen molar-refractivity contribution in [1.82, 2.24) is 10.2 Å². The third-order valence-electron chi connectivity index (χ3n) is 5.31. The van der Waals surface area contributed by atoms with Crippen LogP contribution in [0.2, 0.25) is 0 Å². The number of anilines is 1. The van der Waals surface area contributed by atoms with Gasteiger partial charge in [-0.15, -0.1) is 11.3 Å². The Labute approximate surface area is 193 Å². The van der Waals surface area contributed by atoms with Crippen LogP contribution in [0.1, 0.15) is 61.3 Å². The van der Waals surface area contributed by atoms with Crippen LogP contribution in [0.5, 0.6) is 0 Å². The molecule has 0 fully saturated rings. The summed E-state index contributed by atoms with van der Waals surface area (Å²) in [5.74, 6) is -2.07. The Morgan fingerprint density at radius 3 is 2.44 bits per heavy atom. The first-order valence-corrected chi connectivity index (χ1v) is 11.5. The average molecular weight is 472 g/mol. The standard InChI is InChI=1S/C22H21N3O5S2/c1-2-30-21(29)17-14-9-5-6-10-15(14)32-18(17)24-22(31)23-16(26)11-25-19(27)12-7-3-4-8-13(12)20(25)28/h3-4,7-8H,2,5-6,9-11H2,1H3,(H2,23,24,26,31). The number of ether oxygens (including phenoxy) is 1. The van der Waals surface area contributed by atoms with E-state index in [1.807, 2.05) is 0 Å². The minimum Gasteiger partial charge on any atom is -0.462 e. The van der Waals surface area contributed by atoms with Crippen molar-refractivity contribution in [3.05, 3.63) is 51.4 Å². The summed E-state index contributed by atoms with van der Waals surface area (Å²) < 4.78 is 5.21. The summed E-state index contributed by atoms with van der Waals surface area (Å²) in [5, 5.41) is 5.93. The van der Waals surface area contributed by atoms with Crippen LogP contribution in [-0.4, -0.2) is 46.9 Å². The van der Waals surface area contributed by atoms with Crippen molar-refractivity contribution in [1.29, 1.82) is 0 Å². The molecule has 8 nitrogen and oxygen atoms in total. The lowest BCUT2D eigenvalue weighted by molar-refractivity contribution is -0.120. The smallest absolute Gasteiger partial charge is 0.341 e. The second-order valence-corrected chi connectivity index (χ2v) is 8.89. The van der Waals surface area contributed by atoms with Crippen LogP contribution < -0.4 is 10.6 Å². The molecule has 2 N–H and O–H groups in total. The summed E-state index contributed by atoms with van der Waals surface area (Å²) in [5.41, 5.74) is 1.98. The molecule has 0 bridgehead atoms.